The molecule has 2 aromatic carbocycles. The van der Waals surface area contributed by atoms with Crippen molar-refractivity contribution >= 4 is 5.78 Å². The van der Waals surface area contributed by atoms with Crippen molar-refractivity contribution in [1.29, 1.82) is 0 Å². The van der Waals surface area contributed by atoms with Crippen LogP contribution < -0.4 is 0 Å². The van der Waals surface area contributed by atoms with E-state index in [0.29, 0.717) is 12.0 Å². The van der Waals surface area contributed by atoms with Crippen molar-refractivity contribution < 1.29 is 9.90 Å². The smallest absolute Gasteiger partial charge is 0.168 e. The van der Waals surface area contributed by atoms with Crippen LogP contribution in [0, 0.1) is 5.92 Å². The first-order valence-electron chi connectivity index (χ1n) is 6.55. The third kappa shape index (κ3) is 3.76. The van der Waals surface area contributed by atoms with Gasteiger partial charge in [-0.3, -0.25) is 4.79 Å². The van der Waals surface area contributed by atoms with Gasteiger partial charge in [-0.2, -0.15) is 0 Å². The Balaban J connectivity index is 1.99. The summed E-state index contributed by atoms with van der Waals surface area (Å²) in [6.45, 7) is -0.0967. The van der Waals surface area contributed by atoms with Crippen molar-refractivity contribution in [1.82, 2.24) is 0 Å². The van der Waals surface area contributed by atoms with Gasteiger partial charge in [0, 0.05) is 11.5 Å². The van der Waals surface area contributed by atoms with Crippen LogP contribution in [-0.2, 0) is 6.42 Å². The van der Waals surface area contributed by atoms with E-state index in [9.17, 15) is 9.90 Å². The number of Topliss-reactive ketones (excluding diaryl/α,β-unsaturated/α-hetero) is 1. The first-order valence-corrected chi connectivity index (χ1v) is 6.55. The number of aryl methyl sites for hydroxylation is 1. The first-order chi connectivity index (χ1) is 9.31. The van der Waals surface area contributed by atoms with Gasteiger partial charge in [0.15, 0.2) is 5.78 Å². The molecule has 0 amide bonds. The van der Waals surface area contributed by atoms with E-state index in [4.69, 9.17) is 0 Å². The van der Waals surface area contributed by atoms with E-state index < -0.39 is 0 Å². The van der Waals surface area contributed by atoms with Crippen molar-refractivity contribution in [3.8, 4) is 0 Å². The summed E-state index contributed by atoms with van der Waals surface area (Å²) in [6.07, 6.45) is 1.49. The fourth-order valence-electron chi connectivity index (χ4n) is 2.13. The number of rotatable bonds is 6. The van der Waals surface area contributed by atoms with Crippen molar-refractivity contribution in [3.05, 3.63) is 71.8 Å². The molecule has 0 aliphatic heterocycles. The summed E-state index contributed by atoms with van der Waals surface area (Å²) < 4.78 is 0. The fourth-order valence-corrected chi connectivity index (χ4v) is 2.13. The van der Waals surface area contributed by atoms with Crippen molar-refractivity contribution in [2.45, 2.75) is 12.8 Å². The molecule has 0 heterocycles. The van der Waals surface area contributed by atoms with Crippen LogP contribution in [0.5, 0.6) is 0 Å². The Kier molecular flexibility index (Phi) is 4.87. The Bertz CT molecular complexity index is 505. The van der Waals surface area contributed by atoms with Crippen molar-refractivity contribution in [3.63, 3.8) is 0 Å². The van der Waals surface area contributed by atoms with E-state index >= 15 is 0 Å². The highest BCUT2D eigenvalue weighted by Gasteiger charge is 2.18. The molecule has 0 fully saturated rings. The Morgan fingerprint density at radius 3 is 2.11 bits per heavy atom. The molecule has 0 saturated carbocycles. The maximum atomic E-state index is 12.2. The lowest BCUT2D eigenvalue weighted by atomic mass is 9.92. The second-order valence-corrected chi connectivity index (χ2v) is 4.63. The van der Waals surface area contributed by atoms with Gasteiger partial charge in [0.25, 0.3) is 0 Å². The van der Waals surface area contributed by atoms with Crippen LogP contribution in [0.2, 0.25) is 0 Å². The van der Waals surface area contributed by atoms with Crippen LogP contribution in [-0.4, -0.2) is 17.5 Å². The standard InChI is InChI=1S/C17H18O2/c18-13-16(12-11-14-7-3-1-4-8-14)17(19)15-9-5-2-6-10-15/h1-10,16,18H,11-13H2. The summed E-state index contributed by atoms with van der Waals surface area (Å²) in [5, 5.41) is 9.41. The summed E-state index contributed by atoms with van der Waals surface area (Å²) in [5.74, 6) is -0.290. The van der Waals surface area contributed by atoms with E-state index in [-0.39, 0.29) is 18.3 Å². The molecular weight excluding hydrogens is 236 g/mol. The Morgan fingerprint density at radius 1 is 0.947 bits per heavy atom. The van der Waals surface area contributed by atoms with Gasteiger partial charge in [0.05, 0.1) is 6.61 Å². The van der Waals surface area contributed by atoms with Crippen LogP contribution in [0.15, 0.2) is 60.7 Å². The van der Waals surface area contributed by atoms with Crippen LogP contribution in [0.25, 0.3) is 0 Å². The molecule has 1 unspecified atom stereocenters. The fraction of sp³-hybridized carbons (Fsp3) is 0.235. The number of aliphatic hydroxyl groups excluding tert-OH is 1. The predicted octanol–water partition coefficient (Wildman–Crippen LogP) is 3.11. The third-order valence-electron chi connectivity index (χ3n) is 3.27. The molecule has 0 aliphatic rings. The maximum absolute atomic E-state index is 12.2. The predicted molar refractivity (Wildman–Crippen MR) is 76.1 cm³/mol. The minimum atomic E-state index is -0.317. The van der Waals surface area contributed by atoms with Crippen molar-refractivity contribution in [2.75, 3.05) is 6.61 Å². The molecule has 0 aliphatic carbocycles. The molecule has 19 heavy (non-hydrogen) atoms. The van der Waals surface area contributed by atoms with Crippen LogP contribution >= 0.6 is 0 Å². The highest BCUT2D eigenvalue weighted by atomic mass is 16.3. The van der Waals surface area contributed by atoms with Crippen molar-refractivity contribution in [2.24, 2.45) is 5.92 Å². The van der Waals surface area contributed by atoms with Gasteiger partial charge in [-0.05, 0) is 18.4 Å². The number of carbonyl (C=O) groups excluding carboxylic acids is 1. The first kappa shape index (κ1) is 13.5. The number of ketones is 1. The summed E-state index contributed by atoms with van der Waals surface area (Å²) in [7, 11) is 0. The summed E-state index contributed by atoms with van der Waals surface area (Å²) in [6, 6.07) is 19.2. The molecule has 2 heteroatoms. The molecular formula is C17H18O2. The monoisotopic (exact) mass is 254 g/mol. The molecule has 0 spiro atoms. The number of carbonyl (C=O) groups is 1. The highest BCUT2D eigenvalue weighted by molar-refractivity contribution is 5.97. The van der Waals surface area contributed by atoms with E-state index in [1.165, 1.54) is 5.56 Å². The van der Waals surface area contributed by atoms with Gasteiger partial charge in [0.2, 0.25) is 0 Å². The van der Waals surface area contributed by atoms with Crippen LogP contribution in [0.1, 0.15) is 22.3 Å². The third-order valence-corrected chi connectivity index (χ3v) is 3.27. The Labute approximate surface area is 113 Å². The molecule has 2 aromatic rings. The molecule has 98 valence electrons. The lowest BCUT2D eigenvalue weighted by Crippen LogP contribution is -2.19. The van der Waals surface area contributed by atoms with E-state index in [0.717, 1.165) is 6.42 Å². The van der Waals surface area contributed by atoms with Gasteiger partial charge >= 0.3 is 0 Å². The zero-order valence-corrected chi connectivity index (χ0v) is 10.8. The average molecular weight is 254 g/mol. The molecule has 0 aromatic heterocycles. The number of hydrogen-bond acceptors (Lipinski definition) is 2. The molecule has 0 bridgehead atoms. The molecule has 2 rings (SSSR count). The van der Waals surface area contributed by atoms with Gasteiger partial charge < -0.3 is 5.11 Å². The molecule has 0 saturated heterocycles. The lowest BCUT2D eigenvalue weighted by molar-refractivity contribution is 0.0851. The zero-order valence-electron chi connectivity index (χ0n) is 10.8. The lowest BCUT2D eigenvalue weighted by Gasteiger charge is -2.13. The summed E-state index contributed by atoms with van der Waals surface area (Å²) >= 11 is 0. The van der Waals surface area contributed by atoms with E-state index in [1.54, 1.807) is 12.1 Å². The minimum Gasteiger partial charge on any atom is -0.396 e. The van der Waals surface area contributed by atoms with E-state index in [2.05, 4.69) is 0 Å². The molecule has 1 atom stereocenters. The minimum absolute atomic E-state index is 0.0269. The average Bonchev–Trinajstić information content (AvgIpc) is 2.49. The quantitative estimate of drug-likeness (QED) is 0.804. The normalized spacial score (nSPS) is 12.1. The highest BCUT2D eigenvalue weighted by Crippen LogP contribution is 2.15. The number of benzene rings is 2. The van der Waals surface area contributed by atoms with Crippen LogP contribution in [0.4, 0.5) is 0 Å². The van der Waals surface area contributed by atoms with Crippen LogP contribution in [0.3, 0.4) is 0 Å². The van der Waals surface area contributed by atoms with Gasteiger partial charge in [-0.25, -0.2) is 0 Å². The SMILES string of the molecule is O=C(c1ccccc1)C(CO)CCc1ccccc1. The van der Waals surface area contributed by atoms with Gasteiger partial charge in [-0.15, -0.1) is 0 Å². The van der Waals surface area contributed by atoms with Gasteiger partial charge in [-0.1, -0.05) is 60.7 Å². The largest absolute Gasteiger partial charge is 0.396 e. The molecule has 2 nitrogen and oxygen atoms in total. The second-order valence-electron chi connectivity index (χ2n) is 4.63. The summed E-state index contributed by atoms with van der Waals surface area (Å²) in [5.41, 5.74) is 1.87. The zero-order chi connectivity index (χ0) is 13.5. The van der Waals surface area contributed by atoms with E-state index in [1.807, 2.05) is 48.5 Å². The van der Waals surface area contributed by atoms with Gasteiger partial charge in [0.1, 0.15) is 0 Å². The molecule has 0 radical (unpaired) electrons. The topological polar surface area (TPSA) is 37.3 Å². The number of hydrogen-bond donors (Lipinski definition) is 1. The Hall–Kier alpha value is -1.93. The maximum Gasteiger partial charge on any atom is 0.168 e. The number of aliphatic hydroxyl groups is 1. The summed E-state index contributed by atoms with van der Waals surface area (Å²) in [4.78, 5) is 12.2. The Morgan fingerprint density at radius 2 is 1.53 bits per heavy atom. The second kappa shape index (κ2) is 6.86. The molecule has 1 N–H and O–H groups in total.